The lowest BCUT2D eigenvalue weighted by atomic mass is 10.4. The van der Waals surface area contributed by atoms with Gasteiger partial charge in [-0.25, -0.2) is 9.97 Å². The second-order valence-electron chi connectivity index (χ2n) is 4.09. The highest BCUT2D eigenvalue weighted by Crippen LogP contribution is 2.22. The number of halogens is 1. The fourth-order valence-corrected chi connectivity index (χ4v) is 2.92. The minimum Gasteiger partial charge on any atom is -0.369 e. The van der Waals surface area contributed by atoms with E-state index in [1.165, 1.54) is 6.20 Å². The summed E-state index contributed by atoms with van der Waals surface area (Å²) in [5.41, 5.74) is 0.319. The molecule has 0 saturated carbocycles. The molecule has 2 N–H and O–H groups in total. The number of nitrogens with zero attached hydrogens (tertiary/aromatic N) is 2. The fraction of sp³-hybridized carbons (Fsp3) is 0.308. The number of carbonyl (C=O) groups excluding carboxylic acids is 1. The van der Waals surface area contributed by atoms with E-state index in [-0.39, 0.29) is 5.91 Å². The first kappa shape index (κ1) is 14.9. The van der Waals surface area contributed by atoms with Gasteiger partial charge in [0, 0.05) is 15.9 Å². The van der Waals surface area contributed by atoms with Crippen LogP contribution in [0.15, 0.2) is 28.3 Å². The first-order chi connectivity index (χ1) is 9.70. The van der Waals surface area contributed by atoms with E-state index in [0.29, 0.717) is 18.1 Å². The summed E-state index contributed by atoms with van der Waals surface area (Å²) in [7, 11) is 0. The lowest BCUT2D eigenvalue weighted by Gasteiger charge is -2.05. The van der Waals surface area contributed by atoms with E-state index >= 15 is 0 Å². The summed E-state index contributed by atoms with van der Waals surface area (Å²) in [6, 6.07) is 1.96. The van der Waals surface area contributed by atoms with Crippen LogP contribution in [0.4, 0.5) is 5.82 Å². The summed E-state index contributed by atoms with van der Waals surface area (Å²) < 4.78 is 1.01. The standard InChI is InChI=1S/C13H15BrN4OS/c1-2-4-15-12-8-16-10(6-17-12)13(19)18-7-11-9(14)3-5-20-11/h3,5-6,8H,2,4,7H2,1H3,(H,15,17)(H,18,19). The Bertz CT molecular complexity index is 570. The van der Waals surface area contributed by atoms with Crippen LogP contribution < -0.4 is 10.6 Å². The molecule has 0 bridgehead atoms. The number of hydrogen-bond acceptors (Lipinski definition) is 5. The molecule has 106 valence electrons. The van der Waals surface area contributed by atoms with Crippen LogP contribution in [-0.2, 0) is 6.54 Å². The molecule has 0 unspecified atom stereocenters. The van der Waals surface area contributed by atoms with E-state index < -0.39 is 0 Å². The third-order valence-electron chi connectivity index (χ3n) is 2.54. The number of nitrogens with one attached hydrogen (secondary N) is 2. The van der Waals surface area contributed by atoms with Crippen LogP contribution in [0.3, 0.4) is 0 Å². The highest BCUT2D eigenvalue weighted by Gasteiger charge is 2.09. The molecule has 2 aromatic heterocycles. The van der Waals surface area contributed by atoms with Crippen molar-refractivity contribution in [1.29, 1.82) is 0 Å². The van der Waals surface area contributed by atoms with Gasteiger partial charge in [-0.3, -0.25) is 4.79 Å². The first-order valence-electron chi connectivity index (χ1n) is 6.26. The van der Waals surface area contributed by atoms with Gasteiger partial charge >= 0.3 is 0 Å². The lowest BCUT2D eigenvalue weighted by molar-refractivity contribution is 0.0946. The third-order valence-corrected chi connectivity index (χ3v) is 4.47. The maximum atomic E-state index is 11.9. The third kappa shape index (κ3) is 4.01. The second kappa shape index (κ2) is 7.35. The van der Waals surface area contributed by atoms with Crippen LogP contribution in [0.25, 0.3) is 0 Å². The number of aromatic nitrogens is 2. The van der Waals surface area contributed by atoms with Gasteiger partial charge in [0.15, 0.2) is 0 Å². The Morgan fingerprint density at radius 1 is 1.40 bits per heavy atom. The van der Waals surface area contributed by atoms with Crippen LogP contribution in [0.1, 0.15) is 28.7 Å². The first-order valence-corrected chi connectivity index (χ1v) is 7.94. The fourth-order valence-electron chi connectivity index (χ4n) is 1.49. The number of rotatable bonds is 6. The molecule has 1 amide bonds. The summed E-state index contributed by atoms with van der Waals surface area (Å²) in [5.74, 6) is 0.462. The Labute approximate surface area is 130 Å². The Kier molecular flexibility index (Phi) is 5.49. The van der Waals surface area contributed by atoms with Gasteiger partial charge in [0.25, 0.3) is 5.91 Å². The molecule has 0 saturated heterocycles. The van der Waals surface area contributed by atoms with Gasteiger partial charge in [-0.05, 0) is 33.8 Å². The topological polar surface area (TPSA) is 66.9 Å². The summed E-state index contributed by atoms with van der Waals surface area (Å²) in [6.45, 7) is 3.40. The van der Waals surface area contributed by atoms with Crippen molar-refractivity contribution in [2.45, 2.75) is 19.9 Å². The molecule has 7 heteroatoms. The molecule has 0 aromatic carbocycles. The molecule has 0 radical (unpaired) electrons. The zero-order chi connectivity index (χ0) is 14.4. The maximum Gasteiger partial charge on any atom is 0.271 e. The summed E-state index contributed by atoms with van der Waals surface area (Å²) in [5, 5.41) is 7.91. The molecule has 5 nitrogen and oxygen atoms in total. The molecular weight excluding hydrogens is 340 g/mol. The summed E-state index contributed by atoms with van der Waals surface area (Å²) in [4.78, 5) is 21.3. The molecule has 0 atom stereocenters. The Morgan fingerprint density at radius 3 is 2.85 bits per heavy atom. The largest absolute Gasteiger partial charge is 0.369 e. The highest BCUT2D eigenvalue weighted by molar-refractivity contribution is 9.10. The summed E-state index contributed by atoms with van der Waals surface area (Å²) >= 11 is 5.02. The predicted octanol–water partition coefficient (Wildman–Crippen LogP) is 3.05. The van der Waals surface area contributed by atoms with Crippen LogP contribution >= 0.6 is 27.3 Å². The van der Waals surface area contributed by atoms with Crippen LogP contribution in [0, 0.1) is 0 Å². The molecule has 0 aliphatic rings. The second-order valence-corrected chi connectivity index (χ2v) is 5.94. The maximum absolute atomic E-state index is 11.9. The number of anilines is 1. The molecule has 2 aromatic rings. The van der Waals surface area contributed by atoms with Gasteiger partial charge in [0.05, 0.1) is 18.9 Å². The molecule has 20 heavy (non-hydrogen) atoms. The number of amides is 1. The van der Waals surface area contributed by atoms with Crippen molar-refractivity contribution in [3.8, 4) is 0 Å². The van der Waals surface area contributed by atoms with E-state index in [0.717, 1.165) is 22.3 Å². The number of carbonyl (C=O) groups is 1. The van der Waals surface area contributed by atoms with Crippen molar-refractivity contribution in [3.63, 3.8) is 0 Å². The number of hydrogen-bond donors (Lipinski definition) is 2. The van der Waals surface area contributed by atoms with Crippen LogP contribution in [-0.4, -0.2) is 22.4 Å². The van der Waals surface area contributed by atoms with Crippen molar-refractivity contribution in [2.75, 3.05) is 11.9 Å². The van der Waals surface area contributed by atoms with Gasteiger partial charge in [-0.2, -0.15) is 0 Å². The van der Waals surface area contributed by atoms with E-state index in [9.17, 15) is 4.79 Å². The molecule has 0 aliphatic heterocycles. The van der Waals surface area contributed by atoms with Crippen molar-refractivity contribution in [1.82, 2.24) is 15.3 Å². The zero-order valence-corrected chi connectivity index (χ0v) is 13.4. The average molecular weight is 355 g/mol. The predicted molar refractivity (Wildman–Crippen MR) is 84.0 cm³/mol. The van der Waals surface area contributed by atoms with Gasteiger partial charge in [-0.15, -0.1) is 11.3 Å². The molecule has 2 heterocycles. The summed E-state index contributed by atoms with van der Waals surface area (Å²) in [6.07, 6.45) is 4.07. The normalized spacial score (nSPS) is 10.3. The molecule has 0 fully saturated rings. The number of thiophene rings is 1. The van der Waals surface area contributed by atoms with E-state index in [4.69, 9.17) is 0 Å². The Hall–Kier alpha value is -1.47. The molecule has 0 aliphatic carbocycles. The van der Waals surface area contributed by atoms with E-state index in [2.05, 4.69) is 43.5 Å². The highest BCUT2D eigenvalue weighted by atomic mass is 79.9. The molecular formula is C13H15BrN4OS. The quantitative estimate of drug-likeness (QED) is 0.836. The zero-order valence-electron chi connectivity index (χ0n) is 11.0. The SMILES string of the molecule is CCCNc1cnc(C(=O)NCc2sccc2Br)cn1. The van der Waals surface area contributed by atoms with Crippen molar-refractivity contribution >= 4 is 39.0 Å². The smallest absolute Gasteiger partial charge is 0.271 e. The van der Waals surface area contributed by atoms with Gasteiger partial charge in [0.2, 0.25) is 0 Å². The molecule has 0 spiro atoms. The van der Waals surface area contributed by atoms with Gasteiger partial charge in [-0.1, -0.05) is 6.92 Å². The molecule has 2 rings (SSSR count). The average Bonchev–Trinajstić information content (AvgIpc) is 2.88. The Balaban J connectivity index is 1.90. The lowest BCUT2D eigenvalue weighted by Crippen LogP contribution is -2.23. The van der Waals surface area contributed by atoms with Crippen LogP contribution in [0.5, 0.6) is 0 Å². The van der Waals surface area contributed by atoms with Gasteiger partial charge in [0.1, 0.15) is 11.5 Å². The van der Waals surface area contributed by atoms with Gasteiger partial charge < -0.3 is 10.6 Å². The monoisotopic (exact) mass is 354 g/mol. The van der Waals surface area contributed by atoms with Crippen molar-refractivity contribution in [2.24, 2.45) is 0 Å². The Morgan fingerprint density at radius 2 is 2.25 bits per heavy atom. The minimum absolute atomic E-state index is 0.222. The minimum atomic E-state index is -0.222. The van der Waals surface area contributed by atoms with Crippen molar-refractivity contribution in [3.05, 3.63) is 38.9 Å². The van der Waals surface area contributed by atoms with Crippen molar-refractivity contribution < 1.29 is 4.79 Å². The van der Waals surface area contributed by atoms with Crippen LogP contribution in [0.2, 0.25) is 0 Å². The van der Waals surface area contributed by atoms with E-state index in [1.807, 2.05) is 11.4 Å². The van der Waals surface area contributed by atoms with E-state index in [1.54, 1.807) is 17.5 Å².